The number of urea groups is 1. The average molecular weight is 308 g/mol. The predicted molar refractivity (Wildman–Crippen MR) is 88.9 cm³/mol. The van der Waals surface area contributed by atoms with Gasteiger partial charge in [0, 0.05) is 31.5 Å². The Bertz CT molecular complexity index is 459. The highest BCUT2D eigenvalue weighted by atomic mass is 16.5. The third-order valence-electron chi connectivity index (χ3n) is 4.33. The molecule has 0 unspecified atom stereocenters. The van der Waals surface area contributed by atoms with Crippen molar-refractivity contribution in [3.63, 3.8) is 0 Å². The molecule has 3 N–H and O–H groups in total. The average Bonchev–Trinajstić information content (AvgIpc) is 2.54. The van der Waals surface area contributed by atoms with Crippen LogP contribution in [0, 0.1) is 5.41 Å². The van der Waals surface area contributed by atoms with E-state index in [1.54, 1.807) is 7.11 Å². The number of aliphatic hydroxyl groups is 1. The molecule has 0 heterocycles. The first-order valence-electron chi connectivity index (χ1n) is 7.83. The summed E-state index contributed by atoms with van der Waals surface area (Å²) in [6.07, 6.45) is 2.54. The second-order valence-electron chi connectivity index (χ2n) is 5.58. The van der Waals surface area contributed by atoms with E-state index in [9.17, 15) is 9.90 Å². The van der Waals surface area contributed by atoms with E-state index < -0.39 is 0 Å². The fourth-order valence-electron chi connectivity index (χ4n) is 2.54. The maximum Gasteiger partial charge on any atom is 0.319 e. The fourth-order valence-corrected chi connectivity index (χ4v) is 2.54. The minimum Gasteiger partial charge on any atom is -0.396 e. The second-order valence-corrected chi connectivity index (χ2v) is 5.58. The molecule has 22 heavy (non-hydrogen) atoms. The maximum atomic E-state index is 12.1. The lowest BCUT2D eigenvalue weighted by atomic mass is 9.79. The molecule has 1 aromatic rings. The van der Waals surface area contributed by atoms with Gasteiger partial charge in [-0.1, -0.05) is 32.0 Å². The second kappa shape index (κ2) is 9.43. The highest BCUT2D eigenvalue weighted by Crippen LogP contribution is 2.29. The number of anilines is 1. The molecule has 0 atom stereocenters. The van der Waals surface area contributed by atoms with Crippen molar-refractivity contribution in [2.24, 2.45) is 5.41 Å². The van der Waals surface area contributed by atoms with Crippen molar-refractivity contribution < 1.29 is 14.6 Å². The summed E-state index contributed by atoms with van der Waals surface area (Å²) in [4.78, 5) is 12.1. The molecule has 124 valence electrons. The van der Waals surface area contributed by atoms with Crippen LogP contribution in [0.15, 0.2) is 24.3 Å². The van der Waals surface area contributed by atoms with Crippen molar-refractivity contribution in [2.75, 3.05) is 25.6 Å². The summed E-state index contributed by atoms with van der Waals surface area (Å²) < 4.78 is 5.13. The highest BCUT2D eigenvalue weighted by Gasteiger charge is 2.26. The van der Waals surface area contributed by atoms with Crippen molar-refractivity contribution in [1.82, 2.24) is 5.32 Å². The molecule has 5 nitrogen and oxygen atoms in total. The van der Waals surface area contributed by atoms with Crippen LogP contribution in [0.2, 0.25) is 0 Å². The van der Waals surface area contributed by atoms with E-state index in [4.69, 9.17) is 4.74 Å². The summed E-state index contributed by atoms with van der Waals surface area (Å²) in [5.74, 6) is 0. The van der Waals surface area contributed by atoms with E-state index in [1.165, 1.54) is 0 Å². The third kappa shape index (κ3) is 5.31. The molecule has 0 saturated carbocycles. The normalized spacial score (nSPS) is 11.3. The van der Waals surface area contributed by atoms with Gasteiger partial charge >= 0.3 is 6.03 Å². The van der Waals surface area contributed by atoms with Gasteiger partial charge in [0.2, 0.25) is 0 Å². The molecule has 0 spiro atoms. The van der Waals surface area contributed by atoms with Gasteiger partial charge in [-0.25, -0.2) is 4.79 Å². The van der Waals surface area contributed by atoms with Gasteiger partial charge in [-0.2, -0.15) is 0 Å². The van der Waals surface area contributed by atoms with Gasteiger partial charge in [0.05, 0.1) is 6.61 Å². The Labute approximate surface area is 133 Å². The quantitative estimate of drug-likeness (QED) is 0.656. The molecule has 0 aliphatic carbocycles. The zero-order valence-electron chi connectivity index (χ0n) is 13.8. The summed E-state index contributed by atoms with van der Waals surface area (Å²) in [6.45, 7) is 5.33. The van der Waals surface area contributed by atoms with Crippen molar-refractivity contribution in [2.45, 2.75) is 39.7 Å². The van der Waals surface area contributed by atoms with Crippen molar-refractivity contribution in [3.05, 3.63) is 29.8 Å². The smallest absolute Gasteiger partial charge is 0.319 e. The van der Waals surface area contributed by atoms with Crippen LogP contribution in [0.5, 0.6) is 0 Å². The molecule has 0 saturated heterocycles. The number of nitrogens with one attached hydrogen (secondary N) is 2. The summed E-state index contributed by atoms with van der Waals surface area (Å²) in [6, 6.07) is 7.34. The minimum atomic E-state index is -0.229. The Balaban J connectivity index is 2.63. The first kappa shape index (κ1) is 18.5. The lowest BCUT2D eigenvalue weighted by molar-refractivity contribution is 0.165. The number of rotatable bonds is 9. The van der Waals surface area contributed by atoms with E-state index in [1.807, 2.05) is 24.3 Å². The van der Waals surface area contributed by atoms with Crippen LogP contribution in [0.1, 0.15) is 38.7 Å². The van der Waals surface area contributed by atoms with Gasteiger partial charge in [-0.15, -0.1) is 0 Å². The van der Waals surface area contributed by atoms with Crippen molar-refractivity contribution in [3.8, 4) is 0 Å². The number of amides is 2. The number of para-hydroxylation sites is 1. The molecule has 5 heteroatoms. The molecule has 0 aliphatic heterocycles. The zero-order valence-corrected chi connectivity index (χ0v) is 13.8. The van der Waals surface area contributed by atoms with Gasteiger partial charge in [0.15, 0.2) is 0 Å². The van der Waals surface area contributed by atoms with E-state index in [2.05, 4.69) is 24.5 Å². The molecule has 2 amide bonds. The Hall–Kier alpha value is -1.59. The molecular weight excluding hydrogens is 280 g/mol. The third-order valence-corrected chi connectivity index (χ3v) is 4.33. The fraction of sp³-hybridized carbons (Fsp3) is 0.588. The summed E-state index contributed by atoms with van der Waals surface area (Å²) in [5, 5.41) is 15.0. The van der Waals surface area contributed by atoms with Gasteiger partial charge < -0.3 is 20.5 Å². The Morgan fingerprint density at radius 3 is 2.55 bits per heavy atom. The summed E-state index contributed by atoms with van der Waals surface area (Å²) in [7, 11) is 1.63. The molecule has 1 aromatic carbocycles. The zero-order chi connectivity index (χ0) is 16.4. The lowest BCUT2D eigenvalue weighted by Gasteiger charge is -2.31. The Morgan fingerprint density at radius 1 is 1.27 bits per heavy atom. The van der Waals surface area contributed by atoms with Crippen LogP contribution in [0.25, 0.3) is 0 Å². The first-order chi connectivity index (χ1) is 10.6. The van der Waals surface area contributed by atoms with Crippen LogP contribution in [-0.2, 0) is 11.3 Å². The van der Waals surface area contributed by atoms with Crippen LogP contribution in [0.4, 0.5) is 10.5 Å². The first-order valence-corrected chi connectivity index (χ1v) is 7.83. The van der Waals surface area contributed by atoms with E-state index >= 15 is 0 Å². The minimum absolute atomic E-state index is 0.0435. The number of carbonyl (C=O) groups excluding carboxylic acids is 1. The molecular formula is C17H28N2O3. The predicted octanol–water partition coefficient (Wildman–Crippen LogP) is 3.14. The van der Waals surface area contributed by atoms with Crippen molar-refractivity contribution >= 4 is 11.7 Å². The molecule has 0 aliphatic rings. The van der Waals surface area contributed by atoms with Gasteiger partial charge in [0.25, 0.3) is 0 Å². The lowest BCUT2D eigenvalue weighted by Crippen LogP contribution is -2.39. The number of hydrogen-bond acceptors (Lipinski definition) is 3. The SMILES string of the molecule is CCC(CC)(CCO)CNC(=O)Nc1ccccc1COC. The molecule has 0 aromatic heterocycles. The van der Waals surface area contributed by atoms with E-state index in [0.717, 1.165) is 24.1 Å². The molecule has 0 bridgehead atoms. The Kier molecular flexibility index (Phi) is 7.91. The van der Waals surface area contributed by atoms with Crippen LogP contribution < -0.4 is 10.6 Å². The van der Waals surface area contributed by atoms with Crippen LogP contribution >= 0.6 is 0 Å². The van der Waals surface area contributed by atoms with E-state index in [-0.39, 0.29) is 18.1 Å². The number of aliphatic hydroxyl groups excluding tert-OH is 1. The van der Waals surface area contributed by atoms with Gasteiger partial charge in [0.1, 0.15) is 0 Å². The topological polar surface area (TPSA) is 70.6 Å². The van der Waals surface area contributed by atoms with Gasteiger partial charge in [-0.3, -0.25) is 0 Å². The number of ether oxygens (including phenoxy) is 1. The highest BCUT2D eigenvalue weighted by molar-refractivity contribution is 5.90. The number of carbonyl (C=O) groups is 1. The number of hydrogen-bond donors (Lipinski definition) is 3. The molecule has 0 radical (unpaired) electrons. The summed E-state index contributed by atoms with van der Waals surface area (Å²) >= 11 is 0. The van der Waals surface area contributed by atoms with Crippen molar-refractivity contribution in [1.29, 1.82) is 0 Å². The maximum absolute atomic E-state index is 12.1. The monoisotopic (exact) mass is 308 g/mol. The number of methoxy groups -OCH3 is 1. The number of benzene rings is 1. The molecule has 0 fully saturated rings. The summed E-state index contributed by atoms with van der Waals surface area (Å²) in [5.41, 5.74) is 1.65. The van der Waals surface area contributed by atoms with Gasteiger partial charge in [-0.05, 0) is 30.7 Å². The van der Waals surface area contributed by atoms with Crippen LogP contribution in [-0.4, -0.2) is 31.4 Å². The van der Waals surface area contributed by atoms with Crippen LogP contribution in [0.3, 0.4) is 0 Å². The molecule has 1 rings (SSSR count). The standard InChI is InChI=1S/C17H28N2O3/c1-4-17(5-2,10-11-20)13-18-16(21)19-15-9-7-6-8-14(15)12-22-3/h6-9,20H,4-5,10-13H2,1-3H3,(H2,18,19,21). The largest absolute Gasteiger partial charge is 0.396 e. The van der Waals surface area contributed by atoms with E-state index in [0.29, 0.717) is 19.6 Å². The Morgan fingerprint density at radius 2 is 1.95 bits per heavy atom.